The van der Waals surface area contributed by atoms with Gasteiger partial charge in [0.05, 0.1) is 16.4 Å². The number of carbonyl (C=O) groups excluding carboxylic acids is 1. The molecule has 2 heterocycles. The Labute approximate surface area is 101 Å². The summed E-state index contributed by atoms with van der Waals surface area (Å²) in [6, 6.07) is 4.05. The first kappa shape index (κ1) is 11.1. The van der Waals surface area contributed by atoms with Crippen LogP contribution in [-0.2, 0) is 11.3 Å². The van der Waals surface area contributed by atoms with Crippen molar-refractivity contribution in [3.05, 3.63) is 20.8 Å². The summed E-state index contributed by atoms with van der Waals surface area (Å²) in [5.41, 5.74) is 0. The molecule has 1 amide bonds. The van der Waals surface area contributed by atoms with Gasteiger partial charge in [-0.3, -0.25) is 4.79 Å². The molecule has 0 radical (unpaired) electrons. The van der Waals surface area contributed by atoms with Crippen LogP contribution in [0.25, 0.3) is 0 Å². The molecule has 1 atom stereocenters. The first-order chi connectivity index (χ1) is 7.25. The van der Waals surface area contributed by atoms with Crippen molar-refractivity contribution in [1.29, 1.82) is 0 Å². The van der Waals surface area contributed by atoms with Crippen molar-refractivity contribution in [2.24, 2.45) is 0 Å². The van der Waals surface area contributed by atoms with E-state index in [1.165, 1.54) is 4.88 Å². The van der Waals surface area contributed by atoms with Gasteiger partial charge in [0.1, 0.15) is 0 Å². The van der Waals surface area contributed by atoms with Gasteiger partial charge in [0, 0.05) is 4.88 Å². The molecule has 0 unspecified atom stereocenters. The Balaban J connectivity index is 1.80. The van der Waals surface area contributed by atoms with Gasteiger partial charge in [-0.2, -0.15) is 0 Å². The fourth-order valence-electron chi connectivity index (χ4n) is 1.65. The molecule has 3 nitrogen and oxygen atoms in total. The van der Waals surface area contributed by atoms with E-state index in [1.807, 2.05) is 12.1 Å². The van der Waals surface area contributed by atoms with Crippen LogP contribution in [0.4, 0.5) is 0 Å². The lowest BCUT2D eigenvalue weighted by atomic mass is 10.2. The highest BCUT2D eigenvalue weighted by Crippen LogP contribution is 2.21. The first-order valence-corrected chi connectivity index (χ1v) is 6.62. The van der Waals surface area contributed by atoms with E-state index in [1.54, 1.807) is 11.3 Å². The van der Waals surface area contributed by atoms with Gasteiger partial charge in [-0.25, -0.2) is 0 Å². The van der Waals surface area contributed by atoms with Crippen molar-refractivity contribution in [3.63, 3.8) is 0 Å². The van der Waals surface area contributed by atoms with Gasteiger partial charge in [-0.1, -0.05) is 0 Å². The Morgan fingerprint density at radius 3 is 3.13 bits per heavy atom. The predicted molar refractivity (Wildman–Crippen MR) is 64.9 cm³/mol. The van der Waals surface area contributed by atoms with Gasteiger partial charge < -0.3 is 10.6 Å². The van der Waals surface area contributed by atoms with Crippen molar-refractivity contribution < 1.29 is 4.79 Å². The summed E-state index contributed by atoms with van der Waals surface area (Å²) < 4.78 is 1.10. The van der Waals surface area contributed by atoms with E-state index in [0.717, 1.165) is 23.2 Å². The number of rotatable bonds is 3. The fraction of sp³-hybridized carbons (Fsp3) is 0.500. The average Bonchev–Trinajstić information content (AvgIpc) is 2.84. The molecule has 2 rings (SSSR count). The van der Waals surface area contributed by atoms with Crippen molar-refractivity contribution in [2.75, 3.05) is 6.54 Å². The van der Waals surface area contributed by atoms with Crippen LogP contribution in [0.1, 0.15) is 17.7 Å². The van der Waals surface area contributed by atoms with E-state index in [0.29, 0.717) is 6.54 Å². The van der Waals surface area contributed by atoms with Crippen molar-refractivity contribution in [3.8, 4) is 0 Å². The van der Waals surface area contributed by atoms with E-state index in [2.05, 4.69) is 26.6 Å². The number of hydrogen-bond acceptors (Lipinski definition) is 3. The summed E-state index contributed by atoms with van der Waals surface area (Å²) >= 11 is 5.05. The summed E-state index contributed by atoms with van der Waals surface area (Å²) in [5.74, 6) is 0.122. The number of halogens is 1. The topological polar surface area (TPSA) is 41.1 Å². The standard InChI is InChI=1S/C10H13BrN2OS/c11-9-4-3-7(15-9)6-13-10(14)8-2-1-5-12-8/h3-4,8,12H,1-2,5-6H2,(H,13,14)/t8-/m1/s1. The predicted octanol–water partition coefficient (Wildman–Crippen LogP) is 1.88. The molecular weight excluding hydrogens is 276 g/mol. The van der Waals surface area contributed by atoms with Crippen molar-refractivity contribution in [2.45, 2.75) is 25.4 Å². The van der Waals surface area contributed by atoms with Gasteiger partial charge in [0.15, 0.2) is 0 Å². The molecule has 0 saturated carbocycles. The van der Waals surface area contributed by atoms with E-state index >= 15 is 0 Å². The molecule has 0 aliphatic carbocycles. The molecule has 82 valence electrons. The van der Waals surface area contributed by atoms with Crippen LogP contribution in [0.2, 0.25) is 0 Å². The summed E-state index contributed by atoms with van der Waals surface area (Å²) in [4.78, 5) is 12.8. The van der Waals surface area contributed by atoms with Crippen LogP contribution in [0, 0.1) is 0 Å². The minimum atomic E-state index is 0.0217. The Morgan fingerprint density at radius 2 is 2.53 bits per heavy atom. The number of carbonyl (C=O) groups is 1. The molecule has 2 N–H and O–H groups in total. The normalized spacial score (nSPS) is 20.5. The Kier molecular flexibility index (Phi) is 3.77. The lowest BCUT2D eigenvalue weighted by Gasteiger charge is -2.09. The SMILES string of the molecule is O=C(NCc1ccc(Br)s1)[C@H]1CCCN1. The van der Waals surface area contributed by atoms with Crippen molar-refractivity contribution >= 4 is 33.2 Å². The number of nitrogens with one attached hydrogen (secondary N) is 2. The van der Waals surface area contributed by atoms with Crippen LogP contribution < -0.4 is 10.6 Å². The number of thiophene rings is 1. The zero-order valence-electron chi connectivity index (χ0n) is 8.25. The summed E-state index contributed by atoms with van der Waals surface area (Å²) in [5, 5.41) is 6.12. The molecule has 15 heavy (non-hydrogen) atoms. The highest BCUT2D eigenvalue weighted by atomic mass is 79.9. The minimum absolute atomic E-state index is 0.0217. The molecule has 1 aliphatic rings. The molecule has 1 aliphatic heterocycles. The monoisotopic (exact) mass is 288 g/mol. The second-order valence-corrected chi connectivity index (χ2v) is 6.12. The zero-order valence-corrected chi connectivity index (χ0v) is 10.7. The third-order valence-corrected chi connectivity index (χ3v) is 4.07. The average molecular weight is 289 g/mol. The van der Waals surface area contributed by atoms with Crippen LogP contribution in [0.15, 0.2) is 15.9 Å². The smallest absolute Gasteiger partial charge is 0.237 e. The number of amides is 1. The Bertz CT molecular complexity index is 347. The van der Waals surface area contributed by atoms with E-state index in [4.69, 9.17) is 0 Å². The van der Waals surface area contributed by atoms with Gasteiger partial charge in [-0.15, -0.1) is 11.3 Å². The zero-order chi connectivity index (χ0) is 10.7. The maximum atomic E-state index is 11.6. The lowest BCUT2D eigenvalue weighted by molar-refractivity contribution is -0.122. The summed E-state index contributed by atoms with van der Waals surface area (Å²) in [7, 11) is 0. The highest BCUT2D eigenvalue weighted by molar-refractivity contribution is 9.11. The third kappa shape index (κ3) is 3.03. The molecule has 1 fully saturated rings. The molecule has 0 spiro atoms. The molecule has 1 saturated heterocycles. The highest BCUT2D eigenvalue weighted by Gasteiger charge is 2.21. The van der Waals surface area contributed by atoms with Gasteiger partial charge >= 0.3 is 0 Å². The van der Waals surface area contributed by atoms with Crippen LogP contribution in [0.5, 0.6) is 0 Å². The largest absolute Gasteiger partial charge is 0.350 e. The summed E-state index contributed by atoms with van der Waals surface area (Å²) in [6.45, 7) is 1.59. The Morgan fingerprint density at radius 1 is 1.67 bits per heavy atom. The second-order valence-electron chi connectivity index (χ2n) is 3.57. The number of hydrogen-bond donors (Lipinski definition) is 2. The van der Waals surface area contributed by atoms with Crippen LogP contribution in [-0.4, -0.2) is 18.5 Å². The van der Waals surface area contributed by atoms with E-state index < -0.39 is 0 Å². The molecule has 0 aromatic carbocycles. The van der Waals surface area contributed by atoms with Gasteiger partial charge in [-0.05, 0) is 47.4 Å². The quantitative estimate of drug-likeness (QED) is 0.892. The van der Waals surface area contributed by atoms with Crippen LogP contribution >= 0.6 is 27.3 Å². The Hall–Kier alpha value is -0.390. The van der Waals surface area contributed by atoms with E-state index in [-0.39, 0.29) is 11.9 Å². The molecule has 1 aromatic heterocycles. The first-order valence-electron chi connectivity index (χ1n) is 5.01. The molecule has 1 aromatic rings. The second kappa shape index (κ2) is 5.09. The van der Waals surface area contributed by atoms with Gasteiger partial charge in [0.25, 0.3) is 0 Å². The third-order valence-electron chi connectivity index (χ3n) is 2.44. The minimum Gasteiger partial charge on any atom is -0.350 e. The van der Waals surface area contributed by atoms with Gasteiger partial charge in [0.2, 0.25) is 5.91 Å². The lowest BCUT2D eigenvalue weighted by Crippen LogP contribution is -2.39. The van der Waals surface area contributed by atoms with Crippen molar-refractivity contribution in [1.82, 2.24) is 10.6 Å². The fourth-order valence-corrected chi connectivity index (χ4v) is 3.08. The summed E-state index contributed by atoms with van der Waals surface area (Å²) in [6.07, 6.45) is 2.06. The maximum Gasteiger partial charge on any atom is 0.237 e. The maximum absolute atomic E-state index is 11.6. The molecule has 0 bridgehead atoms. The van der Waals surface area contributed by atoms with Crippen LogP contribution in [0.3, 0.4) is 0 Å². The van der Waals surface area contributed by atoms with E-state index in [9.17, 15) is 4.79 Å². The molecule has 5 heteroatoms. The molecular formula is C10H13BrN2OS.